The van der Waals surface area contributed by atoms with Crippen LogP contribution < -0.4 is 4.74 Å². The number of ether oxygens (including phenoxy) is 1. The van der Waals surface area contributed by atoms with Crippen LogP contribution in [0.4, 0.5) is 0 Å². The summed E-state index contributed by atoms with van der Waals surface area (Å²) in [4.78, 5) is 12.1. The minimum atomic E-state index is 0.0694. The first-order valence-electron chi connectivity index (χ1n) is 10.9. The van der Waals surface area contributed by atoms with E-state index in [1.807, 2.05) is 36.5 Å². The average Bonchev–Trinajstić information content (AvgIpc) is 3.16. The SMILES string of the molecule is COc1ccnc2c1CC(N1CCc3nc(-c4ccccc4Cl)n(CCO)c3C1)CC2. The number of hydrogen-bond donors (Lipinski definition) is 1. The maximum atomic E-state index is 9.75. The number of imidazole rings is 1. The number of fused-ring (bicyclic) bond motifs is 2. The van der Waals surface area contributed by atoms with Crippen LogP contribution in [0.3, 0.4) is 0 Å². The van der Waals surface area contributed by atoms with E-state index in [1.54, 1.807) is 7.11 Å². The van der Waals surface area contributed by atoms with E-state index in [9.17, 15) is 5.11 Å². The Hall–Kier alpha value is -2.41. The molecule has 31 heavy (non-hydrogen) atoms. The van der Waals surface area contributed by atoms with Crippen molar-refractivity contribution < 1.29 is 9.84 Å². The summed E-state index contributed by atoms with van der Waals surface area (Å²) >= 11 is 6.48. The molecule has 2 aliphatic rings. The lowest BCUT2D eigenvalue weighted by atomic mass is 9.89. The second-order valence-electron chi connectivity index (χ2n) is 8.24. The molecule has 7 heteroatoms. The van der Waals surface area contributed by atoms with Gasteiger partial charge < -0.3 is 14.4 Å². The van der Waals surface area contributed by atoms with Gasteiger partial charge in [0.15, 0.2) is 0 Å². The van der Waals surface area contributed by atoms with Crippen molar-refractivity contribution in [1.29, 1.82) is 0 Å². The van der Waals surface area contributed by atoms with Gasteiger partial charge in [-0.25, -0.2) is 4.98 Å². The van der Waals surface area contributed by atoms with Gasteiger partial charge in [-0.1, -0.05) is 23.7 Å². The molecule has 6 nitrogen and oxygen atoms in total. The Bertz CT molecular complexity index is 1080. The van der Waals surface area contributed by atoms with E-state index in [0.29, 0.717) is 17.6 Å². The molecule has 3 heterocycles. The molecule has 2 aromatic heterocycles. The van der Waals surface area contributed by atoms with Gasteiger partial charge >= 0.3 is 0 Å². The predicted molar refractivity (Wildman–Crippen MR) is 120 cm³/mol. The molecule has 1 aliphatic heterocycles. The average molecular weight is 439 g/mol. The lowest BCUT2D eigenvalue weighted by molar-refractivity contribution is 0.155. The number of methoxy groups -OCH3 is 1. The Labute approximate surface area is 187 Å². The maximum Gasteiger partial charge on any atom is 0.142 e. The van der Waals surface area contributed by atoms with Crippen LogP contribution in [0.2, 0.25) is 5.02 Å². The molecule has 3 aromatic rings. The zero-order valence-electron chi connectivity index (χ0n) is 17.7. The molecule has 1 N–H and O–H groups in total. The van der Waals surface area contributed by atoms with E-state index in [4.69, 9.17) is 21.3 Å². The van der Waals surface area contributed by atoms with E-state index in [0.717, 1.165) is 61.6 Å². The maximum absolute atomic E-state index is 9.75. The third-order valence-corrected chi connectivity index (χ3v) is 6.90. The molecular formula is C24H27ClN4O2. The molecule has 1 aromatic carbocycles. The lowest BCUT2D eigenvalue weighted by Gasteiger charge is -2.37. The van der Waals surface area contributed by atoms with Gasteiger partial charge in [-0.2, -0.15) is 0 Å². The molecule has 1 aliphatic carbocycles. The van der Waals surface area contributed by atoms with Crippen molar-refractivity contribution >= 4 is 11.6 Å². The number of benzene rings is 1. The van der Waals surface area contributed by atoms with Crippen molar-refractivity contribution in [2.24, 2.45) is 0 Å². The van der Waals surface area contributed by atoms with Gasteiger partial charge in [0, 0.05) is 55.1 Å². The predicted octanol–water partition coefficient (Wildman–Crippen LogP) is 3.52. The van der Waals surface area contributed by atoms with Crippen LogP contribution in [0.15, 0.2) is 36.5 Å². The number of hydrogen-bond acceptors (Lipinski definition) is 5. The number of rotatable bonds is 5. The van der Waals surface area contributed by atoms with Crippen molar-refractivity contribution in [3.63, 3.8) is 0 Å². The van der Waals surface area contributed by atoms with Gasteiger partial charge in [0.25, 0.3) is 0 Å². The van der Waals surface area contributed by atoms with Crippen LogP contribution in [-0.2, 0) is 32.4 Å². The van der Waals surface area contributed by atoms with Gasteiger partial charge in [-0.3, -0.25) is 9.88 Å². The third kappa shape index (κ3) is 3.73. The molecule has 162 valence electrons. The van der Waals surface area contributed by atoms with Crippen molar-refractivity contribution in [2.45, 2.75) is 44.8 Å². The number of aliphatic hydroxyl groups excluding tert-OH is 1. The molecule has 0 spiro atoms. The standard InChI is InChI=1S/C24H27ClN4O2/c1-31-23-8-10-26-20-7-6-16(14-18(20)23)28-11-9-21-22(15-28)29(12-13-30)24(27-21)17-4-2-3-5-19(17)25/h2-5,8,10,16,30H,6-7,9,11-15H2,1H3. The smallest absolute Gasteiger partial charge is 0.142 e. The van der Waals surface area contributed by atoms with Crippen LogP contribution in [-0.4, -0.2) is 50.8 Å². The van der Waals surface area contributed by atoms with Crippen molar-refractivity contribution in [2.75, 3.05) is 20.3 Å². The Morgan fingerprint density at radius 2 is 2.06 bits per heavy atom. The normalized spacial score (nSPS) is 18.5. The van der Waals surface area contributed by atoms with Crippen LogP contribution in [0.5, 0.6) is 5.75 Å². The molecule has 0 amide bonds. The Morgan fingerprint density at radius 3 is 2.87 bits per heavy atom. The van der Waals surface area contributed by atoms with E-state index in [2.05, 4.69) is 14.5 Å². The minimum Gasteiger partial charge on any atom is -0.496 e. The van der Waals surface area contributed by atoms with Crippen molar-refractivity contribution in [3.05, 3.63) is 64.2 Å². The summed E-state index contributed by atoms with van der Waals surface area (Å²) in [5, 5.41) is 10.4. The number of nitrogens with zero attached hydrogens (tertiary/aromatic N) is 4. The topological polar surface area (TPSA) is 63.4 Å². The summed E-state index contributed by atoms with van der Waals surface area (Å²) in [6, 6.07) is 10.2. The van der Waals surface area contributed by atoms with Gasteiger partial charge in [0.05, 0.1) is 30.1 Å². The summed E-state index contributed by atoms with van der Waals surface area (Å²) in [5.74, 6) is 1.80. The first kappa shape index (κ1) is 20.5. The Kier molecular flexibility index (Phi) is 5.69. The largest absolute Gasteiger partial charge is 0.496 e. The first-order valence-corrected chi connectivity index (χ1v) is 11.3. The molecular weight excluding hydrogens is 412 g/mol. The Balaban J connectivity index is 1.45. The van der Waals surface area contributed by atoms with E-state index in [1.165, 1.54) is 17.0 Å². The number of pyridine rings is 1. The van der Waals surface area contributed by atoms with Crippen LogP contribution in [0.1, 0.15) is 29.1 Å². The molecule has 0 bridgehead atoms. The summed E-state index contributed by atoms with van der Waals surface area (Å²) in [5.41, 5.74) is 5.64. The van der Waals surface area contributed by atoms with Crippen molar-refractivity contribution in [1.82, 2.24) is 19.4 Å². The summed E-state index contributed by atoms with van der Waals surface area (Å²) in [7, 11) is 1.73. The quantitative estimate of drug-likeness (QED) is 0.660. The van der Waals surface area contributed by atoms with Gasteiger partial charge in [-0.15, -0.1) is 0 Å². The molecule has 0 saturated carbocycles. The first-order chi connectivity index (χ1) is 15.2. The monoisotopic (exact) mass is 438 g/mol. The number of aryl methyl sites for hydroxylation is 1. The number of aliphatic hydroxyl groups is 1. The van der Waals surface area contributed by atoms with Gasteiger partial charge in [0.2, 0.25) is 0 Å². The number of halogens is 1. The highest BCUT2D eigenvalue weighted by Crippen LogP contribution is 2.34. The Morgan fingerprint density at radius 1 is 1.19 bits per heavy atom. The zero-order valence-corrected chi connectivity index (χ0v) is 18.5. The highest BCUT2D eigenvalue weighted by atomic mass is 35.5. The fourth-order valence-corrected chi connectivity index (χ4v) is 5.25. The lowest BCUT2D eigenvalue weighted by Crippen LogP contribution is -2.43. The summed E-state index contributed by atoms with van der Waals surface area (Å²) in [6.45, 7) is 2.39. The minimum absolute atomic E-state index is 0.0694. The summed E-state index contributed by atoms with van der Waals surface area (Å²) < 4.78 is 7.76. The zero-order chi connectivity index (χ0) is 21.4. The second-order valence-corrected chi connectivity index (χ2v) is 8.65. The van der Waals surface area contributed by atoms with E-state index in [-0.39, 0.29) is 6.61 Å². The molecule has 0 saturated heterocycles. The van der Waals surface area contributed by atoms with Crippen molar-refractivity contribution in [3.8, 4) is 17.1 Å². The van der Waals surface area contributed by atoms with E-state index >= 15 is 0 Å². The second kappa shape index (κ2) is 8.61. The summed E-state index contributed by atoms with van der Waals surface area (Å²) in [6.07, 6.45) is 5.76. The fraction of sp³-hybridized carbons (Fsp3) is 0.417. The van der Waals surface area contributed by atoms with Gasteiger partial charge in [-0.05, 0) is 37.5 Å². The molecule has 1 atom stereocenters. The van der Waals surface area contributed by atoms with Gasteiger partial charge in [0.1, 0.15) is 11.6 Å². The highest BCUT2D eigenvalue weighted by molar-refractivity contribution is 6.33. The molecule has 0 radical (unpaired) electrons. The van der Waals surface area contributed by atoms with Crippen LogP contribution >= 0.6 is 11.6 Å². The molecule has 5 rings (SSSR count). The molecule has 0 fully saturated rings. The highest BCUT2D eigenvalue weighted by Gasteiger charge is 2.32. The molecule has 1 unspecified atom stereocenters. The fourth-order valence-electron chi connectivity index (χ4n) is 5.03. The van der Waals surface area contributed by atoms with E-state index < -0.39 is 0 Å². The third-order valence-electron chi connectivity index (χ3n) is 6.57. The number of aromatic nitrogens is 3. The van der Waals surface area contributed by atoms with Crippen LogP contribution in [0.25, 0.3) is 11.4 Å². The van der Waals surface area contributed by atoms with Crippen LogP contribution in [0, 0.1) is 0 Å².